The van der Waals surface area contributed by atoms with E-state index in [1.165, 1.54) is 0 Å². The second-order valence-corrected chi connectivity index (χ2v) is 4.36. The number of hydrogen-bond donors (Lipinski definition) is 2. The van der Waals surface area contributed by atoms with Crippen molar-refractivity contribution in [1.82, 2.24) is 20.2 Å². The monoisotopic (exact) mass is 226 g/mol. The third-order valence-electron chi connectivity index (χ3n) is 1.86. The van der Waals surface area contributed by atoms with Crippen molar-refractivity contribution in [3.05, 3.63) is 15.5 Å². The molecule has 0 spiro atoms. The van der Waals surface area contributed by atoms with Crippen molar-refractivity contribution < 1.29 is 0 Å². The van der Waals surface area contributed by atoms with Crippen molar-refractivity contribution in [3.63, 3.8) is 0 Å². The van der Waals surface area contributed by atoms with Crippen LogP contribution in [0.5, 0.6) is 0 Å². The van der Waals surface area contributed by atoms with Crippen LogP contribution < -0.4 is 0 Å². The van der Waals surface area contributed by atoms with Crippen molar-refractivity contribution >= 4 is 23.6 Å². The lowest BCUT2D eigenvalue weighted by atomic mass is 10.4. The molecular formula is C8H10N4S2. The molecule has 0 atom stereocenters. The van der Waals surface area contributed by atoms with Crippen LogP contribution in [0.3, 0.4) is 0 Å². The van der Waals surface area contributed by atoms with Crippen LogP contribution in [0.1, 0.15) is 17.6 Å². The minimum atomic E-state index is 0.478. The molecule has 2 rings (SSSR count). The van der Waals surface area contributed by atoms with E-state index in [2.05, 4.69) is 27.1 Å². The first kappa shape index (κ1) is 9.54. The first-order valence-electron chi connectivity index (χ1n) is 4.32. The number of rotatable bonds is 2. The van der Waals surface area contributed by atoms with Gasteiger partial charge in [0.25, 0.3) is 0 Å². The summed E-state index contributed by atoms with van der Waals surface area (Å²) in [7, 11) is 0. The predicted octanol–water partition coefficient (Wildman–Crippen LogP) is 2.46. The Labute approximate surface area is 90.4 Å². The van der Waals surface area contributed by atoms with Gasteiger partial charge in [-0.15, -0.1) is 11.3 Å². The van der Waals surface area contributed by atoms with E-state index in [4.69, 9.17) is 12.2 Å². The lowest BCUT2D eigenvalue weighted by Gasteiger charge is -1.88. The third-order valence-corrected chi connectivity index (χ3v) is 3.36. The summed E-state index contributed by atoms with van der Waals surface area (Å²) in [6, 6.07) is 0. The van der Waals surface area contributed by atoms with E-state index < -0.39 is 0 Å². The van der Waals surface area contributed by atoms with Gasteiger partial charge in [-0.1, -0.05) is 6.92 Å². The molecule has 0 bridgehead atoms. The van der Waals surface area contributed by atoms with E-state index in [1.807, 2.05) is 6.92 Å². The van der Waals surface area contributed by atoms with Crippen LogP contribution in [0.2, 0.25) is 0 Å². The van der Waals surface area contributed by atoms with Gasteiger partial charge < -0.3 is 0 Å². The van der Waals surface area contributed by atoms with E-state index in [0.29, 0.717) is 4.77 Å². The van der Waals surface area contributed by atoms with Crippen LogP contribution >= 0.6 is 23.6 Å². The number of hydrogen-bond acceptors (Lipinski definition) is 4. The summed E-state index contributed by atoms with van der Waals surface area (Å²) in [4.78, 5) is 9.65. The average molecular weight is 226 g/mol. The van der Waals surface area contributed by atoms with E-state index >= 15 is 0 Å². The molecule has 0 saturated carbocycles. The maximum Gasteiger partial charge on any atom is 0.213 e. The Balaban J connectivity index is 2.50. The minimum absolute atomic E-state index is 0.478. The Hall–Kier alpha value is -1.01. The van der Waals surface area contributed by atoms with Crippen LogP contribution in [0, 0.1) is 11.7 Å². The normalized spacial score (nSPS) is 10.7. The molecule has 0 unspecified atom stereocenters. The first-order chi connectivity index (χ1) is 6.70. The van der Waals surface area contributed by atoms with Crippen molar-refractivity contribution in [2.45, 2.75) is 20.3 Å². The average Bonchev–Trinajstić information content (AvgIpc) is 2.71. The smallest absolute Gasteiger partial charge is 0.213 e. The fourth-order valence-electron chi connectivity index (χ4n) is 1.20. The molecule has 2 aromatic heterocycles. The Kier molecular flexibility index (Phi) is 2.47. The minimum Gasteiger partial charge on any atom is -0.281 e. The Morgan fingerprint density at radius 2 is 2.14 bits per heavy atom. The van der Waals surface area contributed by atoms with Gasteiger partial charge in [-0.2, -0.15) is 4.98 Å². The molecule has 0 fully saturated rings. The van der Waals surface area contributed by atoms with E-state index in [0.717, 1.165) is 27.8 Å². The Bertz CT molecular complexity index is 493. The molecule has 0 saturated heterocycles. The number of nitrogens with zero attached hydrogens (tertiary/aromatic N) is 2. The van der Waals surface area contributed by atoms with Crippen LogP contribution in [0.4, 0.5) is 0 Å². The molecule has 0 aliphatic rings. The number of nitrogens with one attached hydrogen (secondary N) is 2. The topological polar surface area (TPSA) is 57.4 Å². The Morgan fingerprint density at radius 1 is 1.36 bits per heavy atom. The van der Waals surface area contributed by atoms with Gasteiger partial charge in [0.15, 0.2) is 5.82 Å². The number of thiazole rings is 1. The Morgan fingerprint density at radius 3 is 2.64 bits per heavy atom. The number of H-pyrrole nitrogens is 2. The van der Waals surface area contributed by atoms with Gasteiger partial charge in [-0.05, 0) is 25.6 Å². The molecule has 0 aliphatic heterocycles. The van der Waals surface area contributed by atoms with E-state index in [9.17, 15) is 0 Å². The first-order valence-corrected chi connectivity index (χ1v) is 5.54. The number of aromatic nitrogens is 4. The van der Waals surface area contributed by atoms with Gasteiger partial charge in [0, 0.05) is 0 Å². The van der Waals surface area contributed by atoms with Gasteiger partial charge in [-0.25, -0.2) is 4.98 Å². The summed E-state index contributed by atoms with van der Waals surface area (Å²) in [5.74, 6) is 0.782. The highest BCUT2D eigenvalue weighted by molar-refractivity contribution is 7.71. The summed E-state index contributed by atoms with van der Waals surface area (Å²) >= 11 is 6.55. The van der Waals surface area contributed by atoms with E-state index in [1.54, 1.807) is 11.3 Å². The lowest BCUT2D eigenvalue weighted by molar-refractivity contribution is 1.06. The predicted molar refractivity (Wildman–Crippen MR) is 59.0 cm³/mol. The van der Waals surface area contributed by atoms with Gasteiger partial charge >= 0.3 is 0 Å². The SMILES string of the molecule is CCc1nc(C)c(-c2nc(=S)[nH][nH]2)s1. The number of aryl methyl sites for hydroxylation is 2. The standard InChI is InChI=1S/C8H10N4S2/c1-3-5-9-4(2)6(14-5)7-10-8(13)12-11-7/h3H2,1-2H3,(H2,10,11,12,13). The molecule has 2 N–H and O–H groups in total. The second kappa shape index (κ2) is 3.62. The zero-order chi connectivity index (χ0) is 10.1. The van der Waals surface area contributed by atoms with Gasteiger partial charge in [-0.3, -0.25) is 10.2 Å². The van der Waals surface area contributed by atoms with Crippen molar-refractivity contribution in [1.29, 1.82) is 0 Å². The summed E-state index contributed by atoms with van der Waals surface area (Å²) in [6.45, 7) is 4.07. The van der Waals surface area contributed by atoms with E-state index in [-0.39, 0.29) is 0 Å². The molecule has 0 aliphatic carbocycles. The summed E-state index contributed by atoms with van der Waals surface area (Å²) < 4.78 is 0.478. The maximum absolute atomic E-state index is 4.90. The summed E-state index contributed by atoms with van der Waals surface area (Å²) in [5.41, 5.74) is 1.00. The van der Waals surface area contributed by atoms with Gasteiger partial charge in [0.05, 0.1) is 15.6 Å². The summed E-state index contributed by atoms with van der Waals surface area (Å²) in [5, 5.41) is 6.83. The van der Waals surface area contributed by atoms with Gasteiger partial charge in [0.1, 0.15) is 0 Å². The van der Waals surface area contributed by atoms with Crippen molar-refractivity contribution in [2.24, 2.45) is 0 Å². The molecule has 0 amide bonds. The molecular weight excluding hydrogens is 216 g/mol. The lowest BCUT2D eigenvalue weighted by Crippen LogP contribution is -1.80. The van der Waals surface area contributed by atoms with Crippen LogP contribution in [0.15, 0.2) is 0 Å². The fourth-order valence-corrected chi connectivity index (χ4v) is 2.29. The molecule has 74 valence electrons. The quantitative estimate of drug-likeness (QED) is 0.773. The third kappa shape index (κ3) is 1.62. The van der Waals surface area contributed by atoms with Crippen molar-refractivity contribution in [3.8, 4) is 10.7 Å². The second-order valence-electron chi connectivity index (χ2n) is 2.89. The molecule has 4 nitrogen and oxygen atoms in total. The summed E-state index contributed by atoms with van der Waals surface area (Å²) in [6.07, 6.45) is 0.955. The van der Waals surface area contributed by atoms with Crippen molar-refractivity contribution in [2.75, 3.05) is 0 Å². The molecule has 2 heterocycles. The molecule has 6 heteroatoms. The highest BCUT2D eigenvalue weighted by Gasteiger charge is 2.10. The fraction of sp³-hybridized carbons (Fsp3) is 0.375. The maximum atomic E-state index is 4.90. The molecule has 0 radical (unpaired) electrons. The number of aromatic amines is 2. The zero-order valence-corrected chi connectivity index (χ0v) is 9.55. The van der Waals surface area contributed by atoms with Crippen LogP contribution in [-0.4, -0.2) is 20.2 Å². The highest BCUT2D eigenvalue weighted by Crippen LogP contribution is 2.26. The van der Waals surface area contributed by atoms with Crippen LogP contribution in [0.25, 0.3) is 10.7 Å². The van der Waals surface area contributed by atoms with Crippen LogP contribution in [-0.2, 0) is 6.42 Å². The zero-order valence-electron chi connectivity index (χ0n) is 7.92. The highest BCUT2D eigenvalue weighted by atomic mass is 32.1. The molecule has 2 aromatic rings. The largest absolute Gasteiger partial charge is 0.281 e. The van der Waals surface area contributed by atoms with Gasteiger partial charge in [0.2, 0.25) is 4.77 Å². The molecule has 14 heavy (non-hydrogen) atoms. The molecule has 0 aromatic carbocycles.